The van der Waals surface area contributed by atoms with Crippen molar-refractivity contribution in [3.8, 4) is 0 Å². The fraction of sp³-hybridized carbons (Fsp3) is 0.538. The molecule has 1 aliphatic heterocycles. The maximum Gasteiger partial charge on any atom is 0.0808 e. The summed E-state index contributed by atoms with van der Waals surface area (Å²) in [4.78, 5) is 0. The lowest BCUT2D eigenvalue weighted by Gasteiger charge is -2.22. The van der Waals surface area contributed by atoms with Gasteiger partial charge in [-0.15, -0.1) is 0 Å². The topological polar surface area (TPSA) is 18.5 Å². The molecule has 1 aromatic rings. The number of ether oxygens (including phenoxy) is 2. The SMILES string of the molecule is c1ccc(COCC2CCCCO2)cc1. The number of hydrogen-bond donors (Lipinski definition) is 0. The molecule has 0 saturated carbocycles. The molecule has 0 amide bonds. The van der Waals surface area contributed by atoms with Crippen molar-refractivity contribution in [3.05, 3.63) is 35.9 Å². The van der Waals surface area contributed by atoms with Gasteiger partial charge in [0, 0.05) is 6.61 Å². The van der Waals surface area contributed by atoms with Crippen LogP contribution in [0.3, 0.4) is 0 Å². The average molecular weight is 206 g/mol. The van der Waals surface area contributed by atoms with Crippen LogP contribution in [0.4, 0.5) is 0 Å². The summed E-state index contributed by atoms with van der Waals surface area (Å²) in [7, 11) is 0. The zero-order valence-corrected chi connectivity index (χ0v) is 9.02. The van der Waals surface area contributed by atoms with Crippen LogP contribution >= 0.6 is 0 Å². The summed E-state index contributed by atoms with van der Waals surface area (Å²) in [5, 5.41) is 0. The van der Waals surface area contributed by atoms with Crippen LogP contribution < -0.4 is 0 Å². The molecule has 0 radical (unpaired) electrons. The molecule has 1 atom stereocenters. The second kappa shape index (κ2) is 5.89. The monoisotopic (exact) mass is 206 g/mol. The summed E-state index contributed by atoms with van der Waals surface area (Å²) >= 11 is 0. The van der Waals surface area contributed by atoms with E-state index in [4.69, 9.17) is 9.47 Å². The predicted octanol–water partition coefficient (Wildman–Crippen LogP) is 2.77. The van der Waals surface area contributed by atoms with Crippen LogP contribution in [0.15, 0.2) is 30.3 Å². The fourth-order valence-electron chi connectivity index (χ4n) is 1.82. The largest absolute Gasteiger partial charge is 0.376 e. The summed E-state index contributed by atoms with van der Waals surface area (Å²) in [6.45, 7) is 2.33. The second-order valence-corrected chi connectivity index (χ2v) is 3.99. The maximum atomic E-state index is 5.63. The van der Waals surface area contributed by atoms with Gasteiger partial charge in [-0.1, -0.05) is 30.3 Å². The molecule has 2 heteroatoms. The van der Waals surface area contributed by atoms with E-state index < -0.39 is 0 Å². The van der Waals surface area contributed by atoms with Crippen molar-refractivity contribution in [2.45, 2.75) is 32.0 Å². The number of benzene rings is 1. The Hall–Kier alpha value is -0.860. The summed E-state index contributed by atoms with van der Waals surface area (Å²) in [6, 6.07) is 10.3. The van der Waals surface area contributed by atoms with Gasteiger partial charge in [-0.2, -0.15) is 0 Å². The molecule has 1 unspecified atom stereocenters. The van der Waals surface area contributed by atoms with Gasteiger partial charge in [-0.05, 0) is 24.8 Å². The van der Waals surface area contributed by atoms with Crippen LogP contribution in [0.25, 0.3) is 0 Å². The summed E-state index contributed by atoms with van der Waals surface area (Å²) in [5.41, 5.74) is 1.23. The molecule has 0 N–H and O–H groups in total. The molecule has 0 spiro atoms. The third-order valence-electron chi connectivity index (χ3n) is 2.69. The zero-order valence-electron chi connectivity index (χ0n) is 9.02. The highest BCUT2D eigenvalue weighted by molar-refractivity contribution is 5.13. The van der Waals surface area contributed by atoms with Gasteiger partial charge in [0.05, 0.1) is 19.3 Å². The number of hydrogen-bond acceptors (Lipinski definition) is 2. The van der Waals surface area contributed by atoms with Gasteiger partial charge in [0.25, 0.3) is 0 Å². The Morgan fingerprint density at radius 3 is 2.80 bits per heavy atom. The first-order valence-electron chi connectivity index (χ1n) is 5.68. The lowest BCUT2D eigenvalue weighted by Crippen LogP contribution is -2.24. The molecule has 1 aliphatic rings. The first kappa shape index (κ1) is 10.7. The molecule has 1 fully saturated rings. The van der Waals surface area contributed by atoms with E-state index in [-0.39, 0.29) is 0 Å². The highest BCUT2D eigenvalue weighted by Crippen LogP contribution is 2.13. The van der Waals surface area contributed by atoms with E-state index in [2.05, 4.69) is 12.1 Å². The first-order valence-corrected chi connectivity index (χ1v) is 5.68. The molecule has 0 aliphatic carbocycles. The van der Waals surface area contributed by atoms with Crippen LogP contribution in [-0.4, -0.2) is 19.3 Å². The van der Waals surface area contributed by atoms with Gasteiger partial charge < -0.3 is 9.47 Å². The Labute approximate surface area is 91.2 Å². The van der Waals surface area contributed by atoms with E-state index >= 15 is 0 Å². The molecule has 0 bridgehead atoms. The van der Waals surface area contributed by atoms with Crippen LogP contribution in [0.1, 0.15) is 24.8 Å². The van der Waals surface area contributed by atoms with E-state index in [0.717, 1.165) is 19.6 Å². The Morgan fingerprint density at radius 1 is 1.20 bits per heavy atom. The van der Waals surface area contributed by atoms with Gasteiger partial charge in [-0.3, -0.25) is 0 Å². The molecule has 15 heavy (non-hydrogen) atoms. The third-order valence-corrected chi connectivity index (χ3v) is 2.69. The smallest absolute Gasteiger partial charge is 0.0808 e. The minimum atomic E-state index is 0.322. The van der Waals surface area contributed by atoms with Gasteiger partial charge >= 0.3 is 0 Å². The van der Waals surface area contributed by atoms with E-state index in [9.17, 15) is 0 Å². The van der Waals surface area contributed by atoms with E-state index in [1.165, 1.54) is 18.4 Å². The third kappa shape index (κ3) is 3.65. The molecule has 0 aromatic heterocycles. The average Bonchev–Trinajstić information content (AvgIpc) is 2.32. The van der Waals surface area contributed by atoms with E-state index in [1.54, 1.807) is 0 Å². The summed E-state index contributed by atoms with van der Waals surface area (Å²) < 4.78 is 11.2. The van der Waals surface area contributed by atoms with Crippen molar-refractivity contribution in [3.63, 3.8) is 0 Å². The Morgan fingerprint density at radius 2 is 2.07 bits per heavy atom. The van der Waals surface area contributed by atoms with Gasteiger partial charge in [0.2, 0.25) is 0 Å². The van der Waals surface area contributed by atoms with Crippen LogP contribution in [0.2, 0.25) is 0 Å². The number of rotatable bonds is 4. The molecule has 2 rings (SSSR count). The van der Waals surface area contributed by atoms with Crippen molar-refractivity contribution < 1.29 is 9.47 Å². The first-order chi connectivity index (χ1) is 7.45. The van der Waals surface area contributed by atoms with E-state index in [1.807, 2.05) is 18.2 Å². The van der Waals surface area contributed by atoms with Gasteiger partial charge in [-0.25, -0.2) is 0 Å². The lowest BCUT2D eigenvalue weighted by molar-refractivity contribution is -0.0447. The molecule has 1 heterocycles. The van der Waals surface area contributed by atoms with Crippen molar-refractivity contribution in [1.29, 1.82) is 0 Å². The molecular weight excluding hydrogens is 188 g/mol. The summed E-state index contributed by atoms with van der Waals surface area (Å²) in [6.07, 6.45) is 3.95. The van der Waals surface area contributed by atoms with Crippen LogP contribution in [-0.2, 0) is 16.1 Å². The van der Waals surface area contributed by atoms with Crippen molar-refractivity contribution in [2.75, 3.05) is 13.2 Å². The molecule has 2 nitrogen and oxygen atoms in total. The Balaban J connectivity index is 1.66. The molecule has 1 saturated heterocycles. The van der Waals surface area contributed by atoms with E-state index in [0.29, 0.717) is 12.7 Å². The standard InChI is InChI=1S/C13H18O2/c1-2-6-12(7-3-1)10-14-11-13-8-4-5-9-15-13/h1-3,6-7,13H,4-5,8-11H2. The Bertz CT molecular complexity index is 265. The van der Waals surface area contributed by atoms with Crippen molar-refractivity contribution in [1.82, 2.24) is 0 Å². The minimum Gasteiger partial charge on any atom is -0.376 e. The zero-order chi connectivity index (χ0) is 10.3. The Kier molecular flexibility index (Phi) is 4.18. The lowest BCUT2D eigenvalue weighted by atomic mass is 10.1. The minimum absolute atomic E-state index is 0.322. The molecular formula is C13H18O2. The molecule has 82 valence electrons. The maximum absolute atomic E-state index is 5.63. The van der Waals surface area contributed by atoms with Gasteiger partial charge in [0.15, 0.2) is 0 Å². The fourth-order valence-corrected chi connectivity index (χ4v) is 1.82. The van der Waals surface area contributed by atoms with Crippen molar-refractivity contribution in [2.24, 2.45) is 0 Å². The van der Waals surface area contributed by atoms with Crippen molar-refractivity contribution >= 4 is 0 Å². The predicted molar refractivity (Wildman–Crippen MR) is 59.7 cm³/mol. The normalized spacial score (nSPS) is 21.5. The molecule has 1 aromatic carbocycles. The highest BCUT2D eigenvalue weighted by Gasteiger charge is 2.13. The van der Waals surface area contributed by atoms with Gasteiger partial charge in [0.1, 0.15) is 0 Å². The van der Waals surface area contributed by atoms with Crippen LogP contribution in [0.5, 0.6) is 0 Å². The quantitative estimate of drug-likeness (QED) is 0.754. The summed E-state index contributed by atoms with van der Waals surface area (Å²) in [5.74, 6) is 0. The van der Waals surface area contributed by atoms with Crippen LogP contribution in [0, 0.1) is 0 Å². The second-order valence-electron chi connectivity index (χ2n) is 3.99. The highest BCUT2D eigenvalue weighted by atomic mass is 16.5.